The summed E-state index contributed by atoms with van der Waals surface area (Å²) >= 11 is 11.3. The molecule has 0 bridgehead atoms. The van der Waals surface area contributed by atoms with Crippen molar-refractivity contribution in [3.8, 4) is 0 Å². The van der Waals surface area contributed by atoms with Crippen molar-refractivity contribution in [3.63, 3.8) is 0 Å². The molecular formula is C9H10Cl2N2O2. The smallest absolute Gasteiger partial charge is 0.340 e. The van der Waals surface area contributed by atoms with Crippen molar-refractivity contribution in [3.05, 3.63) is 21.7 Å². The second kappa shape index (κ2) is 5.28. The number of aromatic nitrogens is 2. The van der Waals surface area contributed by atoms with Gasteiger partial charge in [0.2, 0.25) is 5.28 Å². The lowest BCUT2D eigenvalue weighted by atomic mass is 10.1. The SMILES string of the molecule is CCCCc1nc(Cl)nc(Cl)c1C(=O)O. The molecule has 0 unspecified atom stereocenters. The number of carboxylic acids is 1. The van der Waals surface area contributed by atoms with Crippen LogP contribution in [0.3, 0.4) is 0 Å². The van der Waals surface area contributed by atoms with E-state index in [2.05, 4.69) is 9.97 Å². The fourth-order valence-corrected chi connectivity index (χ4v) is 1.68. The fourth-order valence-electron chi connectivity index (χ4n) is 1.19. The third kappa shape index (κ3) is 3.04. The van der Waals surface area contributed by atoms with Crippen molar-refractivity contribution in [2.24, 2.45) is 0 Å². The van der Waals surface area contributed by atoms with Gasteiger partial charge in [-0.25, -0.2) is 14.8 Å². The van der Waals surface area contributed by atoms with Crippen LogP contribution in [0.5, 0.6) is 0 Å². The van der Waals surface area contributed by atoms with Gasteiger partial charge in [0, 0.05) is 0 Å². The summed E-state index contributed by atoms with van der Waals surface area (Å²) in [5.41, 5.74) is 0.351. The molecule has 1 N–H and O–H groups in total. The minimum absolute atomic E-state index is 0.0175. The molecule has 0 amide bonds. The number of hydrogen-bond acceptors (Lipinski definition) is 3. The molecular weight excluding hydrogens is 239 g/mol. The fraction of sp³-hybridized carbons (Fsp3) is 0.444. The molecule has 0 aliphatic heterocycles. The molecule has 1 heterocycles. The van der Waals surface area contributed by atoms with E-state index >= 15 is 0 Å². The number of halogens is 2. The highest BCUT2D eigenvalue weighted by Gasteiger charge is 2.18. The van der Waals surface area contributed by atoms with E-state index in [0.29, 0.717) is 12.1 Å². The van der Waals surface area contributed by atoms with Crippen LogP contribution >= 0.6 is 23.2 Å². The predicted octanol–water partition coefficient (Wildman–Crippen LogP) is 2.82. The molecule has 15 heavy (non-hydrogen) atoms. The lowest BCUT2D eigenvalue weighted by molar-refractivity contribution is 0.0695. The number of aryl methyl sites for hydroxylation is 1. The topological polar surface area (TPSA) is 63.1 Å². The van der Waals surface area contributed by atoms with Gasteiger partial charge in [-0.1, -0.05) is 24.9 Å². The summed E-state index contributed by atoms with van der Waals surface area (Å²) in [6.07, 6.45) is 2.32. The third-order valence-electron chi connectivity index (χ3n) is 1.89. The van der Waals surface area contributed by atoms with E-state index in [-0.39, 0.29) is 16.0 Å². The summed E-state index contributed by atoms with van der Waals surface area (Å²) in [6.45, 7) is 2.00. The van der Waals surface area contributed by atoms with Crippen molar-refractivity contribution in [1.82, 2.24) is 9.97 Å². The molecule has 0 saturated heterocycles. The molecule has 6 heteroatoms. The molecule has 0 aromatic carbocycles. The van der Waals surface area contributed by atoms with Gasteiger partial charge in [-0.3, -0.25) is 0 Å². The van der Waals surface area contributed by atoms with Gasteiger partial charge in [0.05, 0.1) is 5.69 Å². The molecule has 82 valence electrons. The van der Waals surface area contributed by atoms with Crippen LogP contribution < -0.4 is 0 Å². The van der Waals surface area contributed by atoms with Crippen LogP contribution in [-0.2, 0) is 6.42 Å². The van der Waals surface area contributed by atoms with E-state index < -0.39 is 5.97 Å². The summed E-state index contributed by atoms with van der Waals surface area (Å²) < 4.78 is 0. The second-order valence-electron chi connectivity index (χ2n) is 3.01. The Labute approximate surface area is 97.3 Å². The van der Waals surface area contributed by atoms with Crippen LogP contribution in [0.2, 0.25) is 10.4 Å². The van der Waals surface area contributed by atoms with Gasteiger partial charge in [0.15, 0.2) is 0 Å². The summed E-state index contributed by atoms with van der Waals surface area (Å²) in [5.74, 6) is -1.12. The van der Waals surface area contributed by atoms with Crippen molar-refractivity contribution in [1.29, 1.82) is 0 Å². The van der Waals surface area contributed by atoms with Gasteiger partial charge in [-0.2, -0.15) is 0 Å². The summed E-state index contributed by atoms with van der Waals surface area (Å²) in [4.78, 5) is 18.4. The standard InChI is InChI=1S/C9H10Cl2N2O2/c1-2-3-4-5-6(8(14)15)7(10)13-9(11)12-5/h2-4H2,1H3,(H,14,15). The highest BCUT2D eigenvalue weighted by Crippen LogP contribution is 2.20. The van der Waals surface area contributed by atoms with Gasteiger partial charge < -0.3 is 5.11 Å². The number of nitrogens with zero attached hydrogens (tertiary/aromatic N) is 2. The summed E-state index contributed by atoms with van der Waals surface area (Å²) in [7, 11) is 0. The Hall–Kier alpha value is -0.870. The summed E-state index contributed by atoms with van der Waals surface area (Å²) in [5, 5.41) is 8.81. The first-order valence-electron chi connectivity index (χ1n) is 4.51. The highest BCUT2D eigenvalue weighted by atomic mass is 35.5. The third-order valence-corrected chi connectivity index (χ3v) is 2.34. The maximum absolute atomic E-state index is 10.9. The normalized spacial score (nSPS) is 10.3. The lowest BCUT2D eigenvalue weighted by Gasteiger charge is -2.05. The van der Waals surface area contributed by atoms with Crippen LogP contribution in [0.4, 0.5) is 0 Å². The lowest BCUT2D eigenvalue weighted by Crippen LogP contribution is -2.08. The number of carbonyl (C=O) groups is 1. The molecule has 1 aromatic heterocycles. The number of hydrogen-bond donors (Lipinski definition) is 1. The Balaban J connectivity index is 3.14. The van der Waals surface area contributed by atoms with Gasteiger partial charge in [0.25, 0.3) is 0 Å². The van der Waals surface area contributed by atoms with Gasteiger partial charge in [-0.15, -0.1) is 0 Å². The Bertz CT molecular complexity index is 383. The molecule has 0 radical (unpaired) electrons. The van der Waals surface area contributed by atoms with E-state index in [1.807, 2.05) is 6.92 Å². The van der Waals surface area contributed by atoms with Crippen molar-refractivity contribution < 1.29 is 9.90 Å². The molecule has 1 rings (SSSR count). The molecule has 0 spiro atoms. The zero-order valence-electron chi connectivity index (χ0n) is 8.13. The largest absolute Gasteiger partial charge is 0.478 e. The van der Waals surface area contributed by atoms with Crippen LogP contribution in [0.1, 0.15) is 35.8 Å². The molecule has 0 atom stereocenters. The van der Waals surface area contributed by atoms with Gasteiger partial charge in [-0.05, 0) is 24.4 Å². The first kappa shape index (κ1) is 12.2. The minimum atomic E-state index is -1.12. The number of unbranched alkanes of at least 4 members (excludes halogenated alkanes) is 1. The van der Waals surface area contributed by atoms with Crippen molar-refractivity contribution in [2.75, 3.05) is 0 Å². The van der Waals surface area contributed by atoms with Crippen molar-refractivity contribution in [2.45, 2.75) is 26.2 Å². The molecule has 0 aliphatic rings. The zero-order chi connectivity index (χ0) is 11.4. The maximum atomic E-state index is 10.9. The van der Waals surface area contributed by atoms with Crippen LogP contribution in [-0.4, -0.2) is 21.0 Å². The molecule has 4 nitrogen and oxygen atoms in total. The van der Waals surface area contributed by atoms with Gasteiger partial charge >= 0.3 is 5.97 Å². The molecule has 0 saturated carbocycles. The predicted molar refractivity (Wildman–Crippen MR) is 57.6 cm³/mol. The van der Waals surface area contributed by atoms with Gasteiger partial charge in [0.1, 0.15) is 10.7 Å². The average Bonchev–Trinajstić information content (AvgIpc) is 2.12. The van der Waals surface area contributed by atoms with E-state index in [1.54, 1.807) is 0 Å². The van der Waals surface area contributed by atoms with E-state index in [1.165, 1.54) is 0 Å². The summed E-state index contributed by atoms with van der Waals surface area (Å²) in [6, 6.07) is 0. The number of carboxylic acid groups (broad SMARTS) is 1. The van der Waals surface area contributed by atoms with E-state index in [9.17, 15) is 4.79 Å². The highest BCUT2D eigenvalue weighted by molar-refractivity contribution is 6.34. The number of rotatable bonds is 4. The monoisotopic (exact) mass is 248 g/mol. The minimum Gasteiger partial charge on any atom is -0.478 e. The maximum Gasteiger partial charge on any atom is 0.340 e. The van der Waals surface area contributed by atoms with E-state index in [4.69, 9.17) is 28.3 Å². The Morgan fingerprint density at radius 1 is 1.40 bits per heavy atom. The molecule has 0 fully saturated rings. The van der Waals surface area contributed by atoms with Crippen LogP contribution in [0, 0.1) is 0 Å². The first-order chi connectivity index (χ1) is 7.06. The zero-order valence-corrected chi connectivity index (χ0v) is 9.64. The Kier molecular flexibility index (Phi) is 4.29. The number of aromatic carboxylic acids is 1. The average molecular weight is 249 g/mol. The molecule has 1 aromatic rings. The van der Waals surface area contributed by atoms with E-state index in [0.717, 1.165) is 12.8 Å². The molecule has 0 aliphatic carbocycles. The second-order valence-corrected chi connectivity index (χ2v) is 3.71. The quantitative estimate of drug-likeness (QED) is 0.658. The van der Waals surface area contributed by atoms with Crippen LogP contribution in [0.15, 0.2) is 0 Å². The first-order valence-corrected chi connectivity index (χ1v) is 5.27. The van der Waals surface area contributed by atoms with Crippen LogP contribution in [0.25, 0.3) is 0 Å². The Morgan fingerprint density at radius 3 is 2.60 bits per heavy atom. The Morgan fingerprint density at radius 2 is 2.07 bits per heavy atom. The van der Waals surface area contributed by atoms with Crippen molar-refractivity contribution >= 4 is 29.2 Å².